The molecule has 0 aliphatic carbocycles. The summed E-state index contributed by atoms with van der Waals surface area (Å²) >= 11 is 4.83. The van der Waals surface area contributed by atoms with Crippen molar-refractivity contribution in [2.75, 3.05) is 0 Å². The molecule has 0 aromatic heterocycles. The van der Waals surface area contributed by atoms with Crippen molar-refractivity contribution in [2.45, 2.75) is 12.5 Å². The van der Waals surface area contributed by atoms with Crippen molar-refractivity contribution in [1.29, 1.82) is 0 Å². The van der Waals surface area contributed by atoms with E-state index < -0.39 is 5.56 Å². The van der Waals surface area contributed by atoms with Crippen molar-refractivity contribution < 1.29 is 26.2 Å². The van der Waals surface area contributed by atoms with Crippen LogP contribution in [0.4, 0.5) is 0 Å². The molecule has 0 aliphatic heterocycles. The second kappa shape index (κ2) is 4.94. The number of aliphatic hydroxyl groups is 1. The van der Waals surface area contributed by atoms with Gasteiger partial charge in [0.1, 0.15) is 5.56 Å². The molecule has 1 unspecified atom stereocenters. The molecule has 3 heteroatoms. The second-order valence-corrected chi connectivity index (χ2v) is 1.21. The molecule has 0 aromatic carbocycles. The van der Waals surface area contributed by atoms with E-state index in [9.17, 15) is 0 Å². The van der Waals surface area contributed by atoms with Gasteiger partial charge in [0, 0.05) is 21.1 Å². The first-order valence-corrected chi connectivity index (χ1v) is 1.49. The molecular weight excluding hydrogens is 171 g/mol. The van der Waals surface area contributed by atoms with Crippen LogP contribution in [0.3, 0.4) is 0 Å². The Morgan fingerprint density at radius 1 is 1.80 bits per heavy atom. The Bertz CT molecular complexity index is 14.4. The summed E-state index contributed by atoms with van der Waals surface area (Å²) in [5.74, 6) is 0. The van der Waals surface area contributed by atoms with E-state index in [1.54, 1.807) is 0 Å². The van der Waals surface area contributed by atoms with E-state index in [1.165, 1.54) is 6.92 Å². The van der Waals surface area contributed by atoms with Crippen LogP contribution in [0, 0.1) is 0 Å². The molecule has 0 spiro atoms. The Morgan fingerprint density at radius 2 is 1.80 bits per heavy atom. The molecule has 0 bridgehead atoms. The number of halogens is 1. The minimum absolute atomic E-state index is 0. The molecule has 0 aliphatic rings. The number of alkyl halides is 1. The Hall–Kier alpha value is 0.938. The second-order valence-electron chi connectivity index (χ2n) is 0.574. The molecule has 0 amide bonds. The van der Waals surface area contributed by atoms with E-state index in [0.29, 0.717) is 0 Å². The average molecular weight is 176 g/mol. The molecule has 32 valence electrons. The van der Waals surface area contributed by atoms with Crippen LogP contribution < -0.4 is 0 Å². The van der Waals surface area contributed by atoms with Crippen LogP contribution in [-0.4, -0.2) is 10.7 Å². The zero-order valence-corrected chi connectivity index (χ0v) is 5.57. The summed E-state index contributed by atoms with van der Waals surface area (Å²) in [6, 6.07) is 0. The Kier molecular flexibility index (Phi) is 9.22. The maximum atomic E-state index is 7.82. The van der Waals surface area contributed by atoms with Crippen LogP contribution in [0.25, 0.3) is 0 Å². The minimum Gasteiger partial charge on any atom is -0.378 e. The van der Waals surface area contributed by atoms with Crippen molar-refractivity contribution in [3.05, 3.63) is 0 Å². The first-order valence-electron chi connectivity index (χ1n) is 1.05. The Labute approximate surface area is 50.6 Å². The molecule has 0 rings (SSSR count). The third-order valence-electron chi connectivity index (χ3n) is 0. The quantitative estimate of drug-likeness (QED) is 0.422. The van der Waals surface area contributed by atoms with E-state index in [0.717, 1.165) is 0 Å². The third-order valence-corrected chi connectivity index (χ3v) is 0. The molecule has 1 N–H and O–H groups in total. The van der Waals surface area contributed by atoms with Gasteiger partial charge < -0.3 is 5.11 Å². The van der Waals surface area contributed by atoms with E-state index >= 15 is 0 Å². The average Bonchev–Trinajstić information content (AvgIpc) is 0.811. The molecule has 1 nitrogen and oxygen atoms in total. The normalized spacial score (nSPS) is 12.6. The van der Waals surface area contributed by atoms with Gasteiger partial charge in [0.15, 0.2) is 0 Å². The Balaban J connectivity index is 0. The predicted molar refractivity (Wildman–Crippen MR) is 17.5 cm³/mol. The van der Waals surface area contributed by atoms with Gasteiger partial charge in [-0.1, -0.05) is 11.6 Å². The van der Waals surface area contributed by atoms with Crippen LogP contribution in [0.5, 0.6) is 0 Å². The van der Waals surface area contributed by atoms with Crippen molar-refractivity contribution in [3.63, 3.8) is 0 Å². The topological polar surface area (TPSA) is 20.2 Å². The zero-order valence-electron chi connectivity index (χ0n) is 2.81. The Morgan fingerprint density at radius 3 is 1.80 bits per heavy atom. The molecule has 0 radical (unpaired) electrons. The summed E-state index contributed by atoms with van der Waals surface area (Å²) in [4.78, 5) is 0. The first-order chi connectivity index (χ1) is 1.73. The van der Waals surface area contributed by atoms with Gasteiger partial charge in [-0.25, -0.2) is 0 Å². The van der Waals surface area contributed by atoms with E-state index in [1.807, 2.05) is 0 Å². The van der Waals surface area contributed by atoms with Gasteiger partial charge in [0.2, 0.25) is 0 Å². The van der Waals surface area contributed by atoms with Gasteiger partial charge in [-0.05, 0) is 6.92 Å². The molecule has 1 atom stereocenters. The van der Waals surface area contributed by atoms with Gasteiger partial charge >= 0.3 is 0 Å². The number of aliphatic hydroxyl groups excluding tert-OH is 1. The number of hydrogen-bond acceptors (Lipinski definition) is 1. The first kappa shape index (κ1) is 9.34. The largest absolute Gasteiger partial charge is 0.378 e. The van der Waals surface area contributed by atoms with Gasteiger partial charge in [-0.15, -0.1) is 0 Å². The monoisotopic (exact) mass is 178 g/mol. The standard InChI is InChI=1S/C2H5ClO.Mo/c1-2(3)4;/h2,4H,1H3;. The summed E-state index contributed by atoms with van der Waals surface area (Å²) < 4.78 is 0. The fourth-order valence-corrected chi connectivity index (χ4v) is 0. The zero-order chi connectivity index (χ0) is 3.58. The summed E-state index contributed by atoms with van der Waals surface area (Å²) in [7, 11) is 0. The fourth-order valence-electron chi connectivity index (χ4n) is 0. The van der Waals surface area contributed by atoms with Crippen molar-refractivity contribution >= 4 is 11.6 Å². The summed E-state index contributed by atoms with van der Waals surface area (Å²) in [5.41, 5.74) is -0.694. The molecule has 0 fully saturated rings. The van der Waals surface area contributed by atoms with Gasteiger partial charge in [0.05, 0.1) is 0 Å². The molecule has 0 aromatic rings. The molecule has 0 saturated carbocycles. The van der Waals surface area contributed by atoms with Crippen LogP contribution in [0.1, 0.15) is 6.92 Å². The van der Waals surface area contributed by atoms with Gasteiger partial charge in [0.25, 0.3) is 0 Å². The molecular formula is C2H5ClMoO. The summed E-state index contributed by atoms with van der Waals surface area (Å²) in [6.45, 7) is 1.49. The smallest absolute Gasteiger partial charge is 0.125 e. The molecule has 0 saturated heterocycles. The van der Waals surface area contributed by atoms with E-state index in [4.69, 9.17) is 16.7 Å². The van der Waals surface area contributed by atoms with Gasteiger partial charge in [-0.3, -0.25) is 0 Å². The maximum absolute atomic E-state index is 7.82. The third kappa shape index (κ3) is 48.4. The SMILES string of the molecule is CC(O)Cl.[Mo]. The number of rotatable bonds is 0. The van der Waals surface area contributed by atoms with Crippen LogP contribution >= 0.6 is 11.6 Å². The minimum atomic E-state index is -0.694. The van der Waals surface area contributed by atoms with Crippen LogP contribution in [0.15, 0.2) is 0 Å². The number of hydrogen-bond donors (Lipinski definition) is 1. The fraction of sp³-hybridized carbons (Fsp3) is 1.00. The van der Waals surface area contributed by atoms with Crippen molar-refractivity contribution in [1.82, 2.24) is 0 Å². The van der Waals surface area contributed by atoms with Crippen molar-refractivity contribution in [2.24, 2.45) is 0 Å². The van der Waals surface area contributed by atoms with E-state index in [-0.39, 0.29) is 21.1 Å². The van der Waals surface area contributed by atoms with E-state index in [2.05, 4.69) is 0 Å². The maximum Gasteiger partial charge on any atom is 0.125 e. The van der Waals surface area contributed by atoms with Crippen LogP contribution in [0.2, 0.25) is 0 Å². The van der Waals surface area contributed by atoms with Gasteiger partial charge in [-0.2, -0.15) is 0 Å². The van der Waals surface area contributed by atoms with Crippen LogP contribution in [-0.2, 0) is 21.1 Å². The van der Waals surface area contributed by atoms with Crippen molar-refractivity contribution in [3.8, 4) is 0 Å². The summed E-state index contributed by atoms with van der Waals surface area (Å²) in [6.07, 6.45) is 0. The summed E-state index contributed by atoms with van der Waals surface area (Å²) in [5, 5.41) is 7.82. The molecule has 0 heterocycles. The predicted octanol–water partition coefficient (Wildman–Crippen LogP) is 0.561. The molecule has 5 heavy (non-hydrogen) atoms.